The molecule has 0 saturated heterocycles. The Morgan fingerprint density at radius 2 is 2.04 bits per heavy atom. The van der Waals surface area contributed by atoms with E-state index in [4.69, 9.17) is 0 Å². The van der Waals surface area contributed by atoms with Crippen molar-refractivity contribution in [3.63, 3.8) is 0 Å². The van der Waals surface area contributed by atoms with E-state index in [0.717, 1.165) is 32.6 Å². The van der Waals surface area contributed by atoms with Crippen molar-refractivity contribution in [2.45, 2.75) is 40.5 Å². The third-order valence-electron chi connectivity index (χ3n) is 4.10. The largest absolute Gasteiger partial charge is 0.308 e. The summed E-state index contributed by atoms with van der Waals surface area (Å²) >= 11 is 1.41. The number of thiazole rings is 1. The average Bonchev–Trinajstić information content (AvgIpc) is 3.09. The van der Waals surface area contributed by atoms with E-state index >= 15 is 0 Å². The van der Waals surface area contributed by atoms with Gasteiger partial charge in [-0.25, -0.2) is 0 Å². The summed E-state index contributed by atoms with van der Waals surface area (Å²) in [5, 5.41) is 8.49. The fourth-order valence-corrected chi connectivity index (χ4v) is 3.89. The summed E-state index contributed by atoms with van der Waals surface area (Å²) in [4.78, 5) is 16.4. The molecule has 126 valence electrons. The van der Waals surface area contributed by atoms with Crippen LogP contribution in [0, 0.1) is 13.8 Å². The fraction of sp³-hybridized carbons (Fsp3) is 0.389. The molecular formula is C18H22N4OS. The van der Waals surface area contributed by atoms with Gasteiger partial charge in [-0.05, 0) is 38.5 Å². The van der Waals surface area contributed by atoms with Gasteiger partial charge in [0.25, 0.3) is 5.91 Å². The molecule has 0 bridgehead atoms. The average molecular weight is 342 g/mol. The van der Waals surface area contributed by atoms with Crippen LogP contribution in [0.1, 0.15) is 53.4 Å². The Hall–Kier alpha value is -2.21. The molecule has 6 heteroatoms. The van der Waals surface area contributed by atoms with Crippen molar-refractivity contribution in [2.75, 3.05) is 11.4 Å². The Kier molecular flexibility index (Phi) is 4.41. The van der Waals surface area contributed by atoms with Crippen molar-refractivity contribution >= 4 is 27.9 Å². The SMILES string of the molecule is CCN(C(=O)c1sc2nnc(C(C)C)n2c1C)c1cccc(C)c1. The Morgan fingerprint density at radius 1 is 1.29 bits per heavy atom. The molecule has 0 atom stereocenters. The van der Waals surface area contributed by atoms with Gasteiger partial charge in [0, 0.05) is 23.8 Å². The molecule has 0 N–H and O–H groups in total. The number of rotatable bonds is 4. The minimum Gasteiger partial charge on any atom is -0.308 e. The fourth-order valence-electron chi connectivity index (χ4n) is 2.86. The second kappa shape index (κ2) is 6.36. The number of benzene rings is 1. The Morgan fingerprint density at radius 3 is 2.67 bits per heavy atom. The highest BCUT2D eigenvalue weighted by Gasteiger charge is 2.24. The van der Waals surface area contributed by atoms with Gasteiger partial charge in [0.15, 0.2) is 0 Å². The molecule has 0 aliphatic heterocycles. The van der Waals surface area contributed by atoms with Crippen LogP contribution in [-0.2, 0) is 0 Å². The van der Waals surface area contributed by atoms with Crippen LogP contribution in [0.15, 0.2) is 24.3 Å². The number of hydrogen-bond donors (Lipinski definition) is 0. The molecule has 3 aromatic rings. The van der Waals surface area contributed by atoms with Crippen LogP contribution in [-0.4, -0.2) is 27.0 Å². The molecule has 0 saturated carbocycles. The number of carbonyl (C=O) groups is 1. The lowest BCUT2D eigenvalue weighted by molar-refractivity contribution is 0.0991. The highest BCUT2D eigenvalue weighted by Crippen LogP contribution is 2.28. The van der Waals surface area contributed by atoms with Crippen molar-refractivity contribution < 1.29 is 4.79 Å². The van der Waals surface area contributed by atoms with Crippen molar-refractivity contribution in [1.29, 1.82) is 0 Å². The minimum absolute atomic E-state index is 0.0193. The highest BCUT2D eigenvalue weighted by molar-refractivity contribution is 7.19. The number of carbonyl (C=O) groups excluding carboxylic acids is 1. The molecule has 2 aromatic heterocycles. The van der Waals surface area contributed by atoms with Crippen LogP contribution in [0.25, 0.3) is 4.96 Å². The van der Waals surface area contributed by atoms with E-state index in [1.54, 1.807) is 0 Å². The van der Waals surface area contributed by atoms with Gasteiger partial charge in [-0.1, -0.05) is 37.3 Å². The van der Waals surface area contributed by atoms with Gasteiger partial charge < -0.3 is 4.90 Å². The van der Waals surface area contributed by atoms with E-state index in [2.05, 4.69) is 24.0 Å². The minimum atomic E-state index is 0.0193. The lowest BCUT2D eigenvalue weighted by Gasteiger charge is -2.21. The van der Waals surface area contributed by atoms with Gasteiger partial charge in [-0.15, -0.1) is 10.2 Å². The van der Waals surface area contributed by atoms with Gasteiger partial charge in [0.2, 0.25) is 4.96 Å². The molecule has 5 nitrogen and oxygen atoms in total. The van der Waals surface area contributed by atoms with Gasteiger partial charge in [0.05, 0.1) is 0 Å². The standard InChI is InChI=1S/C18H22N4OS/c1-6-21(14-9-7-8-12(4)10-14)17(23)15-13(5)22-16(11(2)3)19-20-18(22)24-15/h7-11H,6H2,1-5H3. The quantitative estimate of drug-likeness (QED) is 0.714. The molecule has 0 fully saturated rings. The highest BCUT2D eigenvalue weighted by atomic mass is 32.1. The van der Waals surface area contributed by atoms with Crippen molar-refractivity contribution in [2.24, 2.45) is 0 Å². The molecule has 0 aliphatic carbocycles. The third-order valence-corrected chi connectivity index (χ3v) is 5.22. The Labute approximate surface area is 145 Å². The molecule has 0 unspecified atom stereocenters. The predicted molar refractivity (Wildman–Crippen MR) is 98.2 cm³/mol. The van der Waals surface area contributed by atoms with Crippen molar-refractivity contribution in [3.05, 3.63) is 46.2 Å². The molecule has 0 spiro atoms. The first-order chi connectivity index (χ1) is 11.4. The van der Waals surface area contributed by atoms with E-state index in [1.165, 1.54) is 11.3 Å². The Balaban J connectivity index is 2.05. The van der Waals surface area contributed by atoms with E-state index in [-0.39, 0.29) is 11.8 Å². The smallest absolute Gasteiger partial charge is 0.270 e. The van der Waals surface area contributed by atoms with Crippen LogP contribution in [0.2, 0.25) is 0 Å². The first-order valence-corrected chi connectivity index (χ1v) is 8.98. The van der Waals surface area contributed by atoms with Crippen LogP contribution in [0.4, 0.5) is 5.69 Å². The van der Waals surface area contributed by atoms with Gasteiger partial charge in [-0.3, -0.25) is 9.20 Å². The number of aromatic nitrogens is 3. The normalized spacial score (nSPS) is 11.4. The van der Waals surface area contributed by atoms with E-state index in [0.29, 0.717) is 6.54 Å². The molecule has 0 aliphatic rings. The zero-order valence-corrected chi connectivity index (χ0v) is 15.5. The zero-order chi connectivity index (χ0) is 17.4. The predicted octanol–water partition coefficient (Wildman–Crippen LogP) is 4.20. The van der Waals surface area contributed by atoms with Gasteiger partial charge >= 0.3 is 0 Å². The van der Waals surface area contributed by atoms with Crippen molar-refractivity contribution in [1.82, 2.24) is 14.6 Å². The van der Waals surface area contributed by atoms with Crippen molar-refractivity contribution in [3.8, 4) is 0 Å². The topological polar surface area (TPSA) is 50.5 Å². The maximum atomic E-state index is 13.1. The summed E-state index contributed by atoms with van der Waals surface area (Å²) < 4.78 is 2.01. The molecule has 1 aromatic carbocycles. The number of fused-ring (bicyclic) bond motifs is 1. The molecule has 2 heterocycles. The summed E-state index contributed by atoms with van der Waals surface area (Å²) in [6, 6.07) is 8.03. The first kappa shape index (κ1) is 16.6. The summed E-state index contributed by atoms with van der Waals surface area (Å²) in [6.45, 7) is 10.8. The lowest BCUT2D eigenvalue weighted by Crippen LogP contribution is -2.30. The van der Waals surface area contributed by atoms with E-state index < -0.39 is 0 Å². The number of anilines is 1. The third kappa shape index (κ3) is 2.71. The van der Waals surface area contributed by atoms with E-state index in [9.17, 15) is 4.79 Å². The summed E-state index contributed by atoms with van der Waals surface area (Å²) in [6.07, 6.45) is 0. The van der Waals surface area contributed by atoms with Gasteiger partial charge in [-0.2, -0.15) is 0 Å². The number of amides is 1. The first-order valence-electron chi connectivity index (χ1n) is 8.17. The number of hydrogen-bond acceptors (Lipinski definition) is 4. The zero-order valence-electron chi connectivity index (χ0n) is 14.7. The maximum Gasteiger partial charge on any atom is 0.270 e. The molecule has 0 radical (unpaired) electrons. The summed E-state index contributed by atoms with van der Waals surface area (Å²) in [5.41, 5.74) is 2.98. The van der Waals surface area contributed by atoms with Crippen LogP contribution in [0.5, 0.6) is 0 Å². The molecular weight excluding hydrogens is 320 g/mol. The van der Waals surface area contributed by atoms with E-state index in [1.807, 2.05) is 54.3 Å². The molecule has 24 heavy (non-hydrogen) atoms. The monoisotopic (exact) mass is 342 g/mol. The molecule has 3 rings (SSSR count). The number of nitrogens with zero attached hydrogens (tertiary/aromatic N) is 4. The van der Waals surface area contributed by atoms with Crippen LogP contribution in [0.3, 0.4) is 0 Å². The second-order valence-electron chi connectivity index (χ2n) is 6.24. The second-order valence-corrected chi connectivity index (χ2v) is 7.21. The number of aryl methyl sites for hydroxylation is 2. The van der Waals surface area contributed by atoms with Crippen LogP contribution < -0.4 is 4.90 Å². The lowest BCUT2D eigenvalue weighted by atomic mass is 10.2. The maximum absolute atomic E-state index is 13.1. The van der Waals surface area contributed by atoms with Gasteiger partial charge in [0.1, 0.15) is 10.7 Å². The summed E-state index contributed by atoms with van der Waals surface area (Å²) in [7, 11) is 0. The summed E-state index contributed by atoms with van der Waals surface area (Å²) in [5.74, 6) is 1.18. The van der Waals surface area contributed by atoms with Crippen LogP contribution >= 0.6 is 11.3 Å². The Bertz CT molecular complexity index is 894. The molecule has 1 amide bonds.